The van der Waals surface area contributed by atoms with Crippen molar-refractivity contribution in [2.24, 2.45) is 7.05 Å². The number of halogens is 3. The molecule has 0 bridgehead atoms. The minimum absolute atomic E-state index is 0.298. The Bertz CT molecular complexity index is 602. The number of nitrogens with zero attached hydrogens (tertiary/aromatic N) is 4. The molecule has 0 saturated heterocycles. The molecule has 100 valence electrons. The van der Waals surface area contributed by atoms with Gasteiger partial charge in [0.05, 0.1) is 5.41 Å². The third-order valence-corrected chi connectivity index (χ3v) is 3.98. The van der Waals surface area contributed by atoms with Gasteiger partial charge in [-0.25, -0.2) is 9.37 Å². The fraction of sp³-hybridized carbons (Fsp3) is 0.417. The highest BCUT2D eigenvalue weighted by molar-refractivity contribution is 6.32. The average molecular weight is 301 g/mol. The molecule has 0 amide bonds. The van der Waals surface area contributed by atoms with Crippen LogP contribution in [0.25, 0.3) is 0 Å². The van der Waals surface area contributed by atoms with E-state index in [2.05, 4.69) is 15.2 Å². The van der Waals surface area contributed by atoms with Gasteiger partial charge < -0.3 is 4.57 Å². The summed E-state index contributed by atoms with van der Waals surface area (Å²) in [6.07, 6.45) is 1.47. The van der Waals surface area contributed by atoms with Gasteiger partial charge in [0.15, 0.2) is 0 Å². The zero-order valence-electron chi connectivity index (χ0n) is 10.1. The molecule has 4 nitrogen and oxygen atoms in total. The van der Waals surface area contributed by atoms with E-state index in [-0.39, 0.29) is 0 Å². The van der Waals surface area contributed by atoms with Gasteiger partial charge >= 0.3 is 0 Å². The first-order valence-electron chi connectivity index (χ1n) is 5.83. The largest absolute Gasteiger partial charge is 0.320 e. The molecule has 19 heavy (non-hydrogen) atoms. The van der Waals surface area contributed by atoms with Crippen LogP contribution in [0.15, 0.2) is 18.5 Å². The molecule has 1 fully saturated rings. The van der Waals surface area contributed by atoms with Crippen molar-refractivity contribution in [3.05, 3.63) is 40.2 Å². The predicted molar refractivity (Wildman–Crippen MR) is 70.2 cm³/mol. The normalized spacial score (nSPS) is 26.2. The van der Waals surface area contributed by atoms with Crippen LogP contribution in [0, 0.1) is 0 Å². The SMILES string of the molecule is Cn1cnnc1C1(c2cc(Cl)nc(Cl)c2)CC(F)C1. The second-order valence-corrected chi connectivity index (χ2v) is 5.63. The first-order valence-corrected chi connectivity index (χ1v) is 6.59. The van der Waals surface area contributed by atoms with Crippen molar-refractivity contribution in [1.29, 1.82) is 0 Å². The molecule has 3 rings (SSSR count). The molecule has 2 aromatic heterocycles. The highest BCUT2D eigenvalue weighted by Gasteiger charge is 2.50. The van der Waals surface area contributed by atoms with E-state index in [9.17, 15) is 4.39 Å². The van der Waals surface area contributed by atoms with Crippen LogP contribution in [0.5, 0.6) is 0 Å². The highest BCUT2D eigenvalue weighted by atomic mass is 35.5. The quantitative estimate of drug-likeness (QED) is 0.801. The average Bonchev–Trinajstić information content (AvgIpc) is 2.70. The van der Waals surface area contributed by atoms with Crippen molar-refractivity contribution in [3.63, 3.8) is 0 Å². The number of hydrogen-bond donors (Lipinski definition) is 0. The molecule has 2 heterocycles. The summed E-state index contributed by atoms with van der Waals surface area (Å²) >= 11 is 11.9. The van der Waals surface area contributed by atoms with Crippen molar-refractivity contribution in [1.82, 2.24) is 19.7 Å². The number of aryl methyl sites for hydroxylation is 1. The van der Waals surface area contributed by atoms with E-state index in [0.717, 1.165) is 11.4 Å². The molecular formula is C12H11Cl2FN4. The number of hydrogen-bond acceptors (Lipinski definition) is 3. The summed E-state index contributed by atoms with van der Waals surface area (Å²) in [7, 11) is 1.84. The second-order valence-electron chi connectivity index (χ2n) is 4.85. The fourth-order valence-corrected chi connectivity index (χ4v) is 3.16. The molecule has 1 aliphatic rings. The lowest BCUT2D eigenvalue weighted by molar-refractivity contribution is 0.114. The van der Waals surface area contributed by atoms with E-state index in [0.29, 0.717) is 23.1 Å². The Hall–Kier alpha value is -1.20. The van der Waals surface area contributed by atoms with E-state index >= 15 is 0 Å². The number of alkyl halides is 1. The van der Waals surface area contributed by atoms with Crippen molar-refractivity contribution in [2.75, 3.05) is 0 Å². The van der Waals surface area contributed by atoms with Crippen molar-refractivity contribution in [2.45, 2.75) is 24.4 Å². The van der Waals surface area contributed by atoms with Crippen LogP contribution >= 0.6 is 23.2 Å². The summed E-state index contributed by atoms with van der Waals surface area (Å²) in [6.45, 7) is 0. The van der Waals surface area contributed by atoms with Crippen LogP contribution < -0.4 is 0 Å². The Balaban J connectivity index is 2.14. The molecule has 2 aromatic rings. The fourth-order valence-electron chi connectivity index (χ4n) is 2.70. The summed E-state index contributed by atoms with van der Waals surface area (Å²) in [5, 5.41) is 8.59. The summed E-state index contributed by atoms with van der Waals surface area (Å²) < 4.78 is 15.3. The first kappa shape index (κ1) is 12.8. The maximum atomic E-state index is 13.5. The maximum Gasteiger partial charge on any atom is 0.143 e. The van der Waals surface area contributed by atoms with Crippen LogP contribution in [0.4, 0.5) is 4.39 Å². The summed E-state index contributed by atoms with van der Waals surface area (Å²) in [5.74, 6) is 0.722. The smallest absolute Gasteiger partial charge is 0.143 e. The van der Waals surface area contributed by atoms with E-state index in [1.165, 1.54) is 0 Å². The molecule has 0 atom stereocenters. The van der Waals surface area contributed by atoms with Crippen LogP contribution in [0.1, 0.15) is 24.2 Å². The van der Waals surface area contributed by atoms with Gasteiger partial charge in [0.2, 0.25) is 0 Å². The Morgan fingerprint density at radius 3 is 2.42 bits per heavy atom. The number of aromatic nitrogens is 4. The Kier molecular flexibility index (Phi) is 2.98. The molecule has 1 aliphatic carbocycles. The van der Waals surface area contributed by atoms with E-state index in [1.807, 2.05) is 7.05 Å². The van der Waals surface area contributed by atoms with Crippen molar-refractivity contribution < 1.29 is 4.39 Å². The molecule has 0 spiro atoms. The summed E-state index contributed by atoms with van der Waals surface area (Å²) in [6, 6.07) is 3.43. The Morgan fingerprint density at radius 1 is 1.32 bits per heavy atom. The van der Waals surface area contributed by atoms with Crippen molar-refractivity contribution >= 4 is 23.2 Å². The van der Waals surface area contributed by atoms with E-state index in [4.69, 9.17) is 23.2 Å². The Labute approximate surface area is 119 Å². The zero-order valence-corrected chi connectivity index (χ0v) is 11.7. The van der Waals surface area contributed by atoms with Crippen LogP contribution in [-0.2, 0) is 12.5 Å². The lowest BCUT2D eigenvalue weighted by Gasteiger charge is -2.43. The molecular weight excluding hydrogens is 290 g/mol. The third kappa shape index (κ3) is 2.01. The Morgan fingerprint density at radius 2 is 1.95 bits per heavy atom. The predicted octanol–water partition coefficient (Wildman–Crippen LogP) is 2.93. The lowest BCUT2D eigenvalue weighted by atomic mass is 9.63. The van der Waals surface area contributed by atoms with Gasteiger partial charge in [-0.1, -0.05) is 23.2 Å². The number of pyridine rings is 1. The standard InChI is InChI=1S/C12H11Cl2FN4/c1-19-6-16-18-11(19)12(4-8(15)5-12)7-2-9(13)17-10(14)3-7/h2-3,6,8H,4-5H2,1H3. The monoisotopic (exact) mass is 300 g/mol. The van der Waals surface area contributed by atoms with Gasteiger partial charge in [0.25, 0.3) is 0 Å². The minimum Gasteiger partial charge on any atom is -0.320 e. The molecule has 0 aliphatic heterocycles. The van der Waals surface area contributed by atoms with Crippen molar-refractivity contribution in [3.8, 4) is 0 Å². The topological polar surface area (TPSA) is 43.6 Å². The molecule has 0 radical (unpaired) electrons. The second kappa shape index (κ2) is 4.42. The number of rotatable bonds is 2. The summed E-state index contributed by atoms with van der Waals surface area (Å²) in [4.78, 5) is 3.92. The zero-order chi connectivity index (χ0) is 13.6. The van der Waals surface area contributed by atoms with Gasteiger partial charge in [0.1, 0.15) is 28.6 Å². The van der Waals surface area contributed by atoms with E-state index in [1.54, 1.807) is 23.0 Å². The third-order valence-electron chi connectivity index (χ3n) is 3.59. The lowest BCUT2D eigenvalue weighted by Crippen LogP contribution is -2.45. The summed E-state index contributed by atoms with van der Waals surface area (Å²) in [5.41, 5.74) is 0.323. The molecule has 0 N–H and O–H groups in total. The van der Waals surface area contributed by atoms with Crippen LogP contribution in [-0.4, -0.2) is 25.9 Å². The highest BCUT2D eigenvalue weighted by Crippen LogP contribution is 2.50. The van der Waals surface area contributed by atoms with Gasteiger partial charge in [-0.15, -0.1) is 10.2 Å². The first-order chi connectivity index (χ1) is 9.01. The molecule has 0 unspecified atom stereocenters. The molecule has 0 aromatic carbocycles. The van der Waals surface area contributed by atoms with Gasteiger partial charge in [-0.2, -0.15) is 0 Å². The van der Waals surface area contributed by atoms with Gasteiger partial charge in [0, 0.05) is 7.05 Å². The minimum atomic E-state index is -0.845. The molecule has 1 saturated carbocycles. The molecule has 7 heteroatoms. The van der Waals surface area contributed by atoms with Gasteiger partial charge in [-0.05, 0) is 30.5 Å². The van der Waals surface area contributed by atoms with Crippen LogP contribution in [0.2, 0.25) is 10.3 Å². The van der Waals surface area contributed by atoms with E-state index < -0.39 is 11.6 Å². The maximum absolute atomic E-state index is 13.5. The van der Waals surface area contributed by atoms with Gasteiger partial charge in [-0.3, -0.25) is 0 Å². The van der Waals surface area contributed by atoms with Crippen LogP contribution in [0.3, 0.4) is 0 Å².